The third-order valence-electron chi connectivity index (χ3n) is 5.71. The monoisotopic (exact) mass is 423 g/mol. The standard InChI is InChI=1S/C20H23ClFN3O2S/c1-13-18(28-12-24-13)16(25-8-9-27-20(11-25)6-3-7-20)10-23-19(26)17-14(21)4-2-5-15(17)22/h2,4-5,12,16H,3,6-11H2,1H3,(H,23,26). The molecular weight excluding hydrogens is 401 g/mol. The SMILES string of the molecule is Cc1ncsc1C(CNC(=O)c1c(F)cccc1Cl)N1CCOC2(CCC2)C1. The Morgan fingerprint density at radius 2 is 2.32 bits per heavy atom. The summed E-state index contributed by atoms with van der Waals surface area (Å²) in [6.45, 7) is 4.66. The Balaban J connectivity index is 1.53. The van der Waals surface area contributed by atoms with E-state index in [0.29, 0.717) is 13.2 Å². The van der Waals surface area contributed by atoms with E-state index in [1.54, 1.807) is 11.3 Å². The summed E-state index contributed by atoms with van der Waals surface area (Å²) in [5.41, 5.74) is 2.63. The fraction of sp³-hybridized carbons (Fsp3) is 0.500. The van der Waals surface area contributed by atoms with Crippen molar-refractivity contribution in [1.29, 1.82) is 0 Å². The highest BCUT2D eigenvalue weighted by molar-refractivity contribution is 7.09. The highest BCUT2D eigenvalue weighted by atomic mass is 35.5. The summed E-state index contributed by atoms with van der Waals surface area (Å²) < 4.78 is 20.1. The van der Waals surface area contributed by atoms with E-state index >= 15 is 0 Å². The maximum atomic E-state index is 14.1. The number of hydrogen-bond acceptors (Lipinski definition) is 5. The summed E-state index contributed by atoms with van der Waals surface area (Å²) in [6.07, 6.45) is 3.35. The second-order valence-corrected chi connectivity index (χ2v) is 8.77. The van der Waals surface area contributed by atoms with Crippen molar-refractivity contribution in [2.45, 2.75) is 37.8 Å². The Bertz CT molecular complexity index is 851. The van der Waals surface area contributed by atoms with Gasteiger partial charge in [0.1, 0.15) is 5.82 Å². The number of nitrogens with one attached hydrogen (secondary N) is 1. The zero-order valence-electron chi connectivity index (χ0n) is 15.7. The lowest BCUT2D eigenvalue weighted by Gasteiger charge is -2.50. The first-order valence-electron chi connectivity index (χ1n) is 9.49. The first-order valence-corrected chi connectivity index (χ1v) is 10.7. The topological polar surface area (TPSA) is 54.5 Å². The molecule has 1 unspecified atom stereocenters. The molecule has 1 aromatic heterocycles. The minimum atomic E-state index is -0.615. The number of aryl methyl sites for hydroxylation is 1. The number of carbonyl (C=O) groups excluding carboxylic acids is 1. The Labute approximate surface area is 172 Å². The molecule has 1 aliphatic carbocycles. The molecule has 2 aliphatic rings. The van der Waals surface area contributed by atoms with Crippen LogP contribution in [0.1, 0.15) is 46.2 Å². The smallest absolute Gasteiger partial charge is 0.255 e. The quantitative estimate of drug-likeness (QED) is 0.790. The first kappa shape index (κ1) is 19.8. The van der Waals surface area contributed by atoms with Crippen molar-refractivity contribution in [3.05, 3.63) is 50.7 Å². The van der Waals surface area contributed by atoms with Crippen molar-refractivity contribution in [3.8, 4) is 0 Å². The lowest BCUT2D eigenvalue weighted by atomic mass is 9.78. The van der Waals surface area contributed by atoms with Crippen LogP contribution in [0.15, 0.2) is 23.7 Å². The molecule has 150 valence electrons. The fourth-order valence-electron chi connectivity index (χ4n) is 4.02. The molecule has 1 aliphatic heterocycles. The number of rotatable bonds is 5. The zero-order chi connectivity index (χ0) is 19.7. The van der Waals surface area contributed by atoms with E-state index in [-0.39, 0.29) is 22.2 Å². The van der Waals surface area contributed by atoms with Crippen LogP contribution in [0.5, 0.6) is 0 Å². The number of aromatic nitrogens is 1. The van der Waals surface area contributed by atoms with Crippen LogP contribution in [0.25, 0.3) is 0 Å². The van der Waals surface area contributed by atoms with Crippen LogP contribution < -0.4 is 5.32 Å². The molecule has 1 amide bonds. The first-order chi connectivity index (χ1) is 13.5. The highest BCUT2D eigenvalue weighted by Crippen LogP contribution is 2.40. The molecule has 2 heterocycles. The van der Waals surface area contributed by atoms with Crippen LogP contribution in [0, 0.1) is 12.7 Å². The van der Waals surface area contributed by atoms with Gasteiger partial charge in [-0.3, -0.25) is 9.69 Å². The van der Waals surface area contributed by atoms with E-state index in [1.165, 1.54) is 24.6 Å². The number of amides is 1. The molecular formula is C20H23ClFN3O2S. The Hall–Kier alpha value is -1.54. The van der Waals surface area contributed by atoms with Gasteiger partial charge in [0.05, 0.1) is 40.0 Å². The van der Waals surface area contributed by atoms with Gasteiger partial charge in [-0.1, -0.05) is 17.7 Å². The van der Waals surface area contributed by atoms with Gasteiger partial charge in [0, 0.05) is 24.5 Å². The fourth-order valence-corrected chi connectivity index (χ4v) is 5.21. The van der Waals surface area contributed by atoms with Crippen LogP contribution in [0.3, 0.4) is 0 Å². The van der Waals surface area contributed by atoms with Gasteiger partial charge < -0.3 is 10.1 Å². The second kappa shape index (κ2) is 8.06. The molecule has 1 aromatic carbocycles. The van der Waals surface area contributed by atoms with E-state index < -0.39 is 11.7 Å². The average molecular weight is 424 g/mol. The second-order valence-electron chi connectivity index (χ2n) is 7.48. The van der Waals surface area contributed by atoms with Crippen molar-refractivity contribution in [2.75, 3.05) is 26.2 Å². The van der Waals surface area contributed by atoms with Gasteiger partial charge in [0.25, 0.3) is 5.91 Å². The number of benzene rings is 1. The van der Waals surface area contributed by atoms with Crippen molar-refractivity contribution >= 4 is 28.8 Å². The van der Waals surface area contributed by atoms with E-state index in [0.717, 1.165) is 36.5 Å². The van der Waals surface area contributed by atoms with E-state index in [2.05, 4.69) is 15.2 Å². The maximum Gasteiger partial charge on any atom is 0.255 e. The molecule has 0 radical (unpaired) electrons. The third kappa shape index (κ3) is 3.81. The predicted molar refractivity (Wildman–Crippen MR) is 107 cm³/mol. The summed E-state index contributed by atoms with van der Waals surface area (Å²) in [7, 11) is 0. The molecule has 5 nitrogen and oxygen atoms in total. The van der Waals surface area contributed by atoms with Gasteiger partial charge in [0.15, 0.2) is 0 Å². The minimum Gasteiger partial charge on any atom is -0.372 e. The van der Waals surface area contributed by atoms with Gasteiger partial charge in [-0.25, -0.2) is 9.37 Å². The van der Waals surface area contributed by atoms with E-state index in [4.69, 9.17) is 16.3 Å². The van der Waals surface area contributed by atoms with Crippen molar-refractivity contribution < 1.29 is 13.9 Å². The van der Waals surface area contributed by atoms with Crippen LogP contribution in [0.4, 0.5) is 4.39 Å². The summed E-state index contributed by atoms with van der Waals surface area (Å²) in [4.78, 5) is 20.5. The van der Waals surface area contributed by atoms with E-state index in [9.17, 15) is 9.18 Å². The Kier molecular flexibility index (Phi) is 5.69. The van der Waals surface area contributed by atoms with E-state index in [1.807, 2.05) is 12.4 Å². The molecule has 1 saturated carbocycles. The van der Waals surface area contributed by atoms with Crippen LogP contribution in [-0.4, -0.2) is 47.6 Å². The number of ether oxygens (including phenoxy) is 1. The predicted octanol–water partition coefficient (Wildman–Crippen LogP) is 3.97. The summed E-state index contributed by atoms with van der Waals surface area (Å²) in [6, 6.07) is 4.23. The lowest BCUT2D eigenvalue weighted by molar-refractivity contribution is -0.158. The lowest BCUT2D eigenvalue weighted by Crippen LogP contribution is -2.57. The molecule has 1 spiro atoms. The molecule has 4 rings (SSSR count). The van der Waals surface area contributed by atoms with Crippen LogP contribution in [-0.2, 0) is 4.74 Å². The van der Waals surface area contributed by atoms with Gasteiger partial charge in [-0.05, 0) is 38.3 Å². The highest BCUT2D eigenvalue weighted by Gasteiger charge is 2.44. The molecule has 2 fully saturated rings. The average Bonchev–Trinajstić information content (AvgIpc) is 3.06. The largest absolute Gasteiger partial charge is 0.372 e. The number of carbonyl (C=O) groups is 1. The maximum absolute atomic E-state index is 14.1. The molecule has 0 bridgehead atoms. The number of halogens is 2. The van der Waals surface area contributed by atoms with Gasteiger partial charge >= 0.3 is 0 Å². The zero-order valence-corrected chi connectivity index (χ0v) is 17.3. The molecule has 1 atom stereocenters. The summed E-state index contributed by atoms with van der Waals surface area (Å²) in [5.74, 6) is -1.11. The van der Waals surface area contributed by atoms with Crippen LogP contribution in [0.2, 0.25) is 5.02 Å². The van der Waals surface area contributed by atoms with Crippen molar-refractivity contribution in [2.24, 2.45) is 0 Å². The van der Waals surface area contributed by atoms with Gasteiger partial charge in [-0.2, -0.15) is 0 Å². The Morgan fingerprint density at radius 3 is 2.96 bits per heavy atom. The minimum absolute atomic E-state index is 0.0247. The van der Waals surface area contributed by atoms with Crippen molar-refractivity contribution in [3.63, 3.8) is 0 Å². The normalized spacial score (nSPS) is 20.0. The summed E-state index contributed by atoms with van der Waals surface area (Å²) in [5, 5.41) is 3.00. The molecule has 1 N–H and O–H groups in total. The molecule has 1 saturated heterocycles. The van der Waals surface area contributed by atoms with Gasteiger partial charge in [-0.15, -0.1) is 11.3 Å². The van der Waals surface area contributed by atoms with Gasteiger partial charge in [0.2, 0.25) is 0 Å². The number of nitrogens with zero attached hydrogens (tertiary/aromatic N) is 2. The number of hydrogen-bond donors (Lipinski definition) is 1. The molecule has 2 aromatic rings. The molecule has 8 heteroatoms. The van der Waals surface area contributed by atoms with Crippen molar-refractivity contribution in [1.82, 2.24) is 15.2 Å². The number of thiazole rings is 1. The Morgan fingerprint density at radius 1 is 1.50 bits per heavy atom. The summed E-state index contributed by atoms with van der Waals surface area (Å²) >= 11 is 7.63. The third-order valence-corrected chi connectivity index (χ3v) is 7.06. The van der Waals surface area contributed by atoms with Crippen LogP contribution >= 0.6 is 22.9 Å². The molecule has 28 heavy (non-hydrogen) atoms. The number of morpholine rings is 1.